The smallest absolute Gasteiger partial charge is 0.455 e. The summed E-state index contributed by atoms with van der Waals surface area (Å²) in [5, 5.41) is 13.8. The Bertz CT molecular complexity index is 752. The van der Waals surface area contributed by atoms with Gasteiger partial charge in [0.15, 0.2) is 0 Å². The molecule has 0 saturated heterocycles. The molecule has 0 unspecified atom stereocenters. The zero-order chi connectivity index (χ0) is 14.8. The van der Waals surface area contributed by atoms with Gasteiger partial charge < -0.3 is 12.4 Å². The molecule has 0 aliphatic carbocycles. The van der Waals surface area contributed by atoms with E-state index in [0.717, 1.165) is 16.9 Å². The third-order valence-corrected chi connectivity index (χ3v) is 3.23. The first-order valence-electron chi connectivity index (χ1n) is 6.58. The van der Waals surface area contributed by atoms with E-state index in [1.54, 1.807) is 10.2 Å². The summed E-state index contributed by atoms with van der Waals surface area (Å²) in [5.41, 5.74) is 4.04. The Balaban J connectivity index is 0.00000176. The zero-order valence-corrected chi connectivity index (χ0v) is 13.0. The van der Waals surface area contributed by atoms with Crippen LogP contribution < -0.4 is 22.6 Å². The van der Waals surface area contributed by atoms with Crippen LogP contribution in [0.1, 0.15) is 11.1 Å². The first-order valence-corrected chi connectivity index (χ1v) is 6.58. The summed E-state index contributed by atoms with van der Waals surface area (Å²) < 4.78 is 0. The van der Waals surface area contributed by atoms with E-state index in [9.17, 15) is 5.26 Å². The predicted octanol–water partition coefficient (Wildman–Crippen LogP) is 0.453. The second kappa shape index (κ2) is 6.26. The molecule has 1 aliphatic rings. The Labute approximate surface area is 135 Å². The molecule has 0 aromatic heterocycles. The molecular weight excluding hydrogens is 298 g/mol. The van der Waals surface area contributed by atoms with Crippen molar-refractivity contribution >= 4 is 11.4 Å². The average Bonchev–Trinajstić information content (AvgIpc) is 2.93. The Morgan fingerprint density at radius 1 is 0.909 bits per heavy atom. The van der Waals surface area contributed by atoms with E-state index in [-0.39, 0.29) is 12.4 Å². The van der Waals surface area contributed by atoms with Crippen molar-refractivity contribution in [3.8, 4) is 12.4 Å². The topological polar surface area (TPSA) is 37.9 Å². The lowest BCUT2D eigenvalue weighted by Crippen LogP contribution is -3.00. The molecule has 2 aromatic carbocycles. The molecule has 1 heterocycles. The summed E-state index contributed by atoms with van der Waals surface area (Å²) in [7, 11) is 0. The van der Waals surface area contributed by atoms with Gasteiger partial charge in [-0.15, -0.1) is 5.26 Å². The van der Waals surface area contributed by atoms with Crippen LogP contribution in [0.4, 0.5) is 11.4 Å². The number of aryl methyl sites for hydroxylation is 2. The van der Waals surface area contributed by atoms with Gasteiger partial charge in [0, 0.05) is 10.1 Å². The molecule has 0 amide bonds. The van der Waals surface area contributed by atoms with Crippen LogP contribution in [0, 0.1) is 31.5 Å². The number of nitrogens with zero attached hydrogens (tertiary/aromatic N) is 5. The van der Waals surface area contributed by atoms with Gasteiger partial charge in [-0.25, -0.2) is 0 Å². The van der Waals surface area contributed by atoms with Crippen molar-refractivity contribution < 1.29 is 12.4 Å². The van der Waals surface area contributed by atoms with Crippen LogP contribution in [-0.2, 0) is 0 Å². The van der Waals surface area contributed by atoms with Crippen LogP contribution in [0.25, 0.3) is 4.95 Å². The van der Waals surface area contributed by atoms with Crippen LogP contribution in [0.3, 0.4) is 0 Å². The maximum Gasteiger partial charge on any atom is 0.455 e. The predicted molar refractivity (Wildman–Crippen MR) is 82.0 cm³/mol. The third-order valence-electron chi connectivity index (χ3n) is 3.23. The highest BCUT2D eigenvalue weighted by Gasteiger charge is 2.38. The first-order chi connectivity index (χ1) is 10.2. The number of hydrogen-bond donors (Lipinski definition) is 0. The van der Waals surface area contributed by atoms with E-state index < -0.39 is 0 Å². The van der Waals surface area contributed by atoms with Crippen molar-refractivity contribution in [3.05, 3.63) is 64.6 Å². The van der Waals surface area contributed by atoms with Crippen LogP contribution in [-0.4, -0.2) is 5.01 Å². The number of rotatable bonds is 2. The lowest BCUT2D eigenvalue weighted by Gasteiger charge is -2.20. The number of nitriles is 1. The highest BCUT2D eigenvalue weighted by atomic mass is 35.5. The van der Waals surface area contributed by atoms with Gasteiger partial charge in [0.25, 0.3) is 0 Å². The zero-order valence-electron chi connectivity index (χ0n) is 12.2. The van der Waals surface area contributed by atoms with Crippen LogP contribution in [0.5, 0.6) is 0 Å². The van der Waals surface area contributed by atoms with Crippen molar-refractivity contribution in [1.29, 1.82) is 5.26 Å². The van der Waals surface area contributed by atoms with E-state index in [1.165, 1.54) is 10.6 Å². The molecule has 2 aromatic rings. The van der Waals surface area contributed by atoms with E-state index in [4.69, 9.17) is 0 Å². The van der Waals surface area contributed by atoms with Gasteiger partial charge in [0.05, 0.1) is 0 Å². The fourth-order valence-electron chi connectivity index (χ4n) is 2.07. The van der Waals surface area contributed by atoms with Crippen molar-refractivity contribution in [3.63, 3.8) is 0 Å². The summed E-state index contributed by atoms with van der Waals surface area (Å²) in [6.07, 6.45) is 4.73. The third kappa shape index (κ3) is 2.76. The normalized spacial score (nSPS) is 12.3. The number of hydrogen-bond acceptors (Lipinski definition) is 4. The molecule has 0 fully saturated rings. The summed E-state index contributed by atoms with van der Waals surface area (Å²) in [4.78, 5) is 4.18. The summed E-state index contributed by atoms with van der Waals surface area (Å²) in [6, 6.07) is 15.8. The Morgan fingerprint density at radius 3 is 1.91 bits per heavy atom. The number of hydrazine groups is 2. The highest BCUT2D eigenvalue weighted by Crippen LogP contribution is 2.28. The number of anilines is 2. The van der Waals surface area contributed by atoms with Gasteiger partial charge in [0.2, 0.25) is 0 Å². The minimum Gasteiger partial charge on any atom is -1.00 e. The molecular formula is C16H14ClN5. The molecule has 6 heteroatoms. The first kappa shape index (κ1) is 15.5. The van der Waals surface area contributed by atoms with Crippen LogP contribution in [0.15, 0.2) is 48.5 Å². The maximum absolute atomic E-state index is 9.25. The minimum atomic E-state index is 0. The SMILES string of the molecule is Cc1ccc(N2[N+]#CN(C#N)N2c2ccc(C)cc2)cc1.[Cl-]. The van der Waals surface area contributed by atoms with E-state index in [1.807, 2.05) is 62.4 Å². The van der Waals surface area contributed by atoms with Gasteiger partial charge in [-0.2, -0.15) is 0 Å². The fraction of sp³-hybridized carbons (Fsp3) is 0.125. The van der Waals surface area contributed by atoms with E-state index >= 15 is 0 Å². The standard InChI is InChI=1S/C16H14N5.ClH/c1-13-3-7-15(8-4-13)20-18-12-19(11-17)21(20)16-9-5-14(2)6-10-16;/h3-10H,1-2H3;1H/q+1;/p-1. The Kier molecular flexibility index (Phi) is 4.41. The molecule has 0 bridgehead atoms. The molecule has 5 nitrogen and oxygen atoms in total. The fourth-order valence-corrected chi connectivity index (χ4v) is 2.07. The van der Waals surface area contributed by atoms with Crippen LogP contribution in [0.2, 0.25) is 0 Å². The van der Waals surface area contributed by atoms with Crippen molar-refractivity contribution in [2.24, 2.45) is 0 Å². The maximum atomic E-state index is 9.25. The number of halogens is 1. The van der Waals surface area contributed by atoms with Gasteiger partial charge in [-0.1, -0.05) is 35.4 Å². The van der Waals surface area contributed by atoms with E-state index in [2.05, 4.69) is 17.3 Å². The van der Waals surface area contributed by atoms with Crippen molar-refractivity contribution in [2.75, 3.05) is 10.2 Å². The minimum absolute atomic E-state index is 0. The molecule has 0 spiro atoms. The Morgan fingerprint density at radius 2 is 1.41 bits per heavy atom. The van der Waals surface area contributed by atoms with Crippen LogP contribution >= 0.6 is 0 Å². The van der Waals surface area contributed by atoms with Crippen molar-refractivity contribution in [2.45, 2.75) is 13.8 Å². The van der Waals surface area contributed by atoms with Gasteiger partial charge in [-0.05, 0) is 48.2 Å². The van der Waals surface area contributed by atoms with Gasteiger partial charge in [0.1, 0.15) is 11.4 Å². The second-order valence-corrected chi connectivity index (χ2v) is 4.86. The number of benzene rings is 2. The molecule has 3 rings (SSSR count). The monoisotopic (exact) mass is 311 g/mol. The van der Waals surface area contributed by atoms with Gasteiger partial charge in [-0.3, -0.25) is 0 Å². The second-order valence-electron chi connectivity index (χ2n) is 4.86. The molecule has 0 radical (unpaired) electrons. The molecule has 110 valence electrons. The summed E-state index contributed by atoms with van der Waals surface area (Å²) >= 11 is 0. The van der Waals surface area contributed by atoms with Crippen molar-refractivity contribution in [1.82, 2.24) is 5.01 Å². The lowest BCUT2D eigenvalue weighted by molar-refractivity contribution is -0.00000455. The average molecular weight is 312 g/mol. The molecule has 0 saturated carbocycles. The quantitative estimate of drug-likeness (QED) is 0.755. The summed E-state index contributed by atoms with van der Waals surface area (Å²) in [5.74, 6) is 0. The summed E-state index contributed by atoms with van der Waals surface area (Å²) in [6.45, 7) is 4.05. The molecule has 0 N–H and O–H groups in total. The lowest BCUT2D eigenvalue weighted by atomic mass is 10.2. The van der Waals surface area contributed by atoms with Gasteiger partial charge >= 0.3 is 12.4 Å². The molecule has 22 heavy (non-hydrogen) atoms. The largest absolute Gasteiger partial charge is 1.00 e. The molecule has 0 atom stereocenters. The highest BCUT2D eigenvalue weighted by molar-refractivity contribution is 5.61. The van der Waals surface area contributed by atoms with E-state index in [0.29, 0.717) is 0 Å². The molecule has 1 aliphatic heterocycles. The Hall–Kier alpha value is -2.89.